The minimum absolute atomic E-state index is 0.217. The average molecular weight is 351 g/mol. The van der Waals surface area contributed by atoms with Crippen LogP contribution in [0.5, 0.6) is 0 Å². The summed E-state index contributed by atoms with van der Waals surface area (Å²) in [6.07, 6.45) is 3.88. The quantitative estimate of drug-likeness (QED) is 0.884. The molecule has 3 rings (SSSR count). The molecule has 0 spiro atoms. The second kappa shape index (κ2) is 7.36. The van der Waals surface area contributed by atoms with E-state index in [1.54, 1.807) is 6.20 Å². The molecule has 4 nitrogen and oxygen atoms in total. The number of carbonyl (C=O) groups excluding carboxylic acids is 1. The molecule has 1 saturated heterocycles. The molecule has 1 atom stereocenters. The summed E-state index contributed by atoms with van der Waals surface area (Å²) in [5, 5.41) is 6.45. The molecule has 2 aromatic rings. The van der Waals surface area contributed by atoms with Crippen molar-refractivity contribution >= 4 is 22.4 Å². The summed E-state index contributed by atoms with van der Waals surface area (Å²) < 4.78 is 27.6. The van der Waals surface area contributed by atoms with Gasteiger partial charge >= 0.3 is 0 Å². The van der Waals surface area contributed by atoms with E-state index in [9.17, 15) is 13.6 Å². The number of piperidine rings is 1. The summed E-state index contributed by atoms with van der Waals surface area (Å²) in [6.45, 7) is 3.44. The average Bonchev–Trinajstić information content (AvgIpc) is 3.04. The van der Waals surface area contributed by atoms with Gasteiger partial charge < -0.3 is 10.6 Å². The van der Waals surface area contributed by atoms with Gasteiger partial charge in [-0.2, -0.15) is 0 Å². The first-order valence-corrected chi connectivity index (χ1v) is 8.79. The molecule has 24 heavy (non-hydrogen) atoms. The molecule has 0 radical (unpaired) electrons. The molecule has 0 bridgehead atoms. The number of anilines is 1. The lowest BCUT2D eigenvalue weighted by atomic mass is 9.97. The molecule has 128 valence electrons. The fourth-order valence-electron chi connectivity index (χ4n) is 2.91. The van der Waals surface area contributed by atoms with Crippen molar-refractivity contribution in [2.45, 2.75) is 31.6 Å². The number of rotatable bonds is 4. The van der Waals surface area contributed by atoms with E-state index in [4.69, 9.17) is 0 Å². The Balaban J connectivity index is 1.69. The van der Waals surface area contributed by atoms with Gasteiger partial charge in [-0.3, -0.25) is 4.79 Å². The second-order valence-electron chi connectivity index (χ2n) is 5.94. The Morgan fingerprint density at radius 1 is 1.33 bits per heavy atom. The largest absolute Gasteiger partial charge is 0.317 e. The number of halogens is 2. The lowest BCUT2D eigenvalue weighted by molar-refractivity contribution is -0.117. The minimum atomic E-state index is -0.933. The van der Waals surface area contributed by atoms with Gasteiger partial charge in [0.15, 0.2) is 5.13 Å². The van der Waals surface area contributed by atoms with Crippen molar-refractivity contribution in [3.8, 4) is 0 Å². The van der Waals surface area contributed by atoms with Gasteiger partial charge in [0.05, 0.1) is 5.92 Å². The van der Waals surface area contributed by atoms with Crippen molar-refractivity contribution in [3.63, 3.8) is 0 Å². The van der Waals surface area contributed by atoms with Crippen molar-refractivity contribution in [3.05, 3.63) is 46.5 Å². The highest BCUT2D eigenvalue weighted by Crippen LogP contribution is 2.32. The zero-order valence-corrected chi connectivity index (χ0v) is 14.1. The van der Waals surface area contributed by atoms with E-state index in [0.29, 0.717) is 11.0 Å². The SMILES string of the molecule is CC(C(=O)Nc1ncc(C2CCNCC2)s1)c1c(F)cccc1F. The molecule has 1 aromatic heterocycles. The minimum Gasteiger partial charge on any atom is -0.317 e. The van der Waals surface area contributed by atoms with Gasteiger partial charge in [-0.1, -0.05) is 6.07 Å². The molecule has 1 aliphatic heterocycles. The van der Waals surface area contributed by atoms with Gasteiger partial charge in [-0.25, -0.2) is 13.8 Å². The first-order chi connectivity index (χ1) is 11.6. The molecule has 0 saturated carbocycles. The van der Waals surface area contributed by atoms with Gasteiger partial charge in [0.2, 0.25) is 5.91 Å². The number of hydrogen-bond donors (Lipinski definition) is 2. The van der Waals surface area contributed by atoms with Crippen LogP contribution in [-0.4, -0.2) is 24.0 Å². The maximum Gasteiger partial charge on any atom is 0.233 e. The predicted octanol–water partition coefficient (Wildman–Crippen LogP) is 3.63. The number of amides is 1. The molecule has 1 unspecified atom stereocenters. The highest BCUT2D eigenvalue weighted by Gasteiger charge is 2.24. The summed E-state index contributed by atoms with van der Waals surface area (Å²) in [5.41, 5.74) is -0.217. The number of nitrogens with zero attached hydrogens (tertiary/aromatic N) is 1. The van der Waals surface area contributed by atoms with E-state index in [1.807, 2.05) is 0 Å². The van der Waals surface area contributed by atoms with Crippen LogP contribution in [0.1, 0.15) is 42.0 Å². The van der Waals surface area contributed by atoms with Crippen molar-refractivity contribution in [2.24, 2.45) is 0 Å². The van der Waals surface area contributed by atoms with Crippen LogP contribution in [0.25, 0.3) is 0 Å². The third kappa shape index (κ3) is 3.62. The summed E-state index contributed by atoms with van der Waals surface area (Å²) >= 11 is 1.43. The maximum atomic E-state index is 13.8. The summed E-state index contributed by atoms with van der Waals surface area (Å²) in [7, 11) is 0. The van der Waals surface area contributed by atoms with Crippen LogP contribution in [0, 0.1) is 11.6 Å². The summed E-state index contributed by atoms with van der Waals surface area (Å²) in [6, 6.07) is 3.59. The van der Waals surface area contributed by atoms with Gasteiger partial charge in [0.1, 0.15) is 11.6 Å². The van der Waals surface area contributed by atoms with E-state index in [-0.39, 0.29) is 5.56 Å². The maximum absolute atomic E-state index is 13.8. The van der Waals surface area contributed by atoms with E-state index in [0.717, 1.165) is 42.9 Å². The summed E-state index contributed by atoms with van der Waals surface area (Å²) in [4.78, 5) is 17.7. The van der Waals surface area contributed by atoms with Gasteiger partial charge in [-0.15, -0.1) is 11.3 Å². The molecular formula is C17H19F2N3OS. The number of carbonyl (C=O) groups is 1. The molecule has 1 amide bonds. The van der Waals surface area contributed by atoms with Crippen LogP contribution < -0.4 is 10.6 Å². The van der Waals surface area contributed by atoms with E-state index < -0.39 is 23.5 Å². The van der Waals surface area contributed by atoms with Crippen LogP contribution in [0.4, 0.5) is 13.9 Å². The van der Waals surface area contributed by atoms with Gasteiger partial charge in [0, 0.05) is 16.6 Å². The number of aromatic nitrogens is 1. The van der Waals surface area contributed by atoms with E-state index in [2.05, 4.69) is 15.6 Å². The standard InChI is InChI=1S/C17H19F2N3OS/c1-10(15-12(18)3-2-4-13(15)19)16(23)22-17-21-9-14(24-17)11-5-7-20-8-6-11/h2-4,9-11,20H,5-8H2,1H3,(H,21,22,23). The fourth-order valence-corrected chi connectivity index (χ4v) is 3.90. The normalized spacial score (nSPS) is 16.8. The Kier molecular flexibility index (Phi) is 5.20. The van der Waals surface area contributed by atoms with Crippen LogP contribution in [-0.2, 0) is 4.79 Å². The van der Waals surface area contributed by atoms with Crippen molar-refractivity contribution in [1.82, 2.24) is 10.3 Å². The Labute approximate surface area is 143 Å². The molecule has 2 heterocycles. The van der Waals surface area contributed by atoms with E-state index >= 15 is 0 Å². The van der Waals surface area contributed by atoms with Crippen LogP contribution in [0.3, 0.4) is 0 Å². The van der Waals surface area contributed by atoms with Crippen molar-refractivity contribution in [2.75, 3.05) is 18.4 Å². The Morgan fingerprint density at radius 3 is 2.67 bits per heavy atom. The number of thiazole rings is 1. The van der Waals surface area contributed by atoms with Gasteiger partial charge in [0.25, 0.3) is 0 Å². The van der Waals surface area contributed by atoms with Crippen molar-refractivity contribution in [1.29, 1.82) is 0 Å². The predicted molar refractivity (Wildman–Crippen MR) is 90.4 cm³/mol. The third-order valence-corrected chi connectivity index (χ3v) is 5.40. The summed E-state index contributed by atoms with van der Waals surface area (Å²) in [5.74, 6) is -2.38. The molecular weight excluding hydrogens is 332 g/mol. The number of hydrogen-bond acceptors (Lipinski definition) is 4. The second-order valence-corrected chi connectivity index (χ2v) is 7.00. The molecule has 2 N–H and O–H groups in total. The van der Waals surface area contributed by atoms with E-state index in [1.165, 1.54) is 24.3 Å². The Hall–Kier alpha value is -1.86. The molecule has 1 aromatic carbocycles. The fraction of sp³-hybridized carbons (Fsp3) is 0.412. The lowest BCUT2D eigenvalue weighted by Gasteiger charge is -2.20. The number of nitrogens with one attached hydrogen (secondary N) is 2. The first kappa shape index (κ1) is 17.0. The molecule has 0 aliphatic carbocycles. The lowest BCUT2D eigenvalue weighted by Crippen LogP contribution is -2.26. The first-order valence-electron chi connectivity index (χ1n) is 7.97. The molecule has 1 fully saturated rings. The third-order valence-electron chi connectivity index (χ3n) is 4.32. The van der Waals surface area contributed by atoms with Crippen LogP contribution >= 0.6 is 11.3 Å². The van der Waals surface area contributed by atoms with Crippen molar-refractivity contribution < 1.29 is 13.6 Å². The van der Waals surface area contributed by atoms with Gasteiger partial charge in [-0.05, 0) is 50.9 Å². The highest BCUT2D eigenvalue weighted by molar-refractivity contribution is 7.15. The van der Waals surface area contributed by atoms with Crippen LogP contribution in [0.15, 0.2) is 24.4 Å². The number of benzene rings is 1. The van der Waals surface area contributed by atoms with Crippen LogP contribution in [0.2, 0.25) is 0 Å². The topological polar surface area (TPSA) is 54.0 Å². The molecule has 7 heteroatoms. The molecule has 1 aliphatic rings. The zero-order chi connectivity index (χ0) is 17.1. The highest BCUT2D eigenvalue weighted by atomic mass is 32.1. The Morgan fingerprint density at radius 2 is 2.00 bits per heavy atom. The monoisotopic (exact) mass is 351 g/mol. The smallest absolute Gasteiger partial charge is 0.233 e. The Bertz CT molecular complexity index is 708. The zero-order valence-electron chi connectivity index (χ0n) is 13.3.